The third-order valence-corrected chi connectivity index (χ3v) is 1.60. The van der Waals surface area contributed by atoms with E-state index >= 15 is 0 Å². The molecule has 0 saturated heterocycles. The summed E-state index contributed by atoms with van der Waals surface area (Å²) in [7, 11) is 0. The molecule has 0 aliphatic heterocycles. The highest BCUT2D eigenvalue weighted by molar-refractivity contribution is 5.33. The van der Waals surface area contributed by atoms with Gasteiger partial charge in [-0.15, -0.1) is 5.10 Å². The van der Waals surface area contributed by atoms with Gasteiger partial charge < -0.3 is 4.90 Å². The van der Waals surface area contributed by atoms with Crippen LogP contribution in [0.3, 0.4) is 0 Å². The minimum Gasteiger partial charge on any atom is -0.354 e. The number of anilines is 1. The van der Waals surface area contributed by atoms with Crippen LogP contribution >= 0.6 is 0 Å². The first-order valence-corrected chi connectivity index (χ1v) is 3.99. The van der Waals surface area contributed by atoms with Gasteiger partial charge in [-0.25, -0.2) is 0 Å². The summed E-state index contributed by atoms with van der Waals surface area (Å²) in [6.45, 7) is 6.30. The van der Waals surface area contributed by atoms with E-state index < -0.39 is 0 Å². The Morgan fingerprint density at radius 1 is 1.55 bits per heavy atom. The number of rotatable bonds is 4. The summed E-state index contributed by atoms with van der Waals surface area (Å²) in [6.07, 6.45) is 2.89. The minimum absolute atomic E-state index is 0.939. The van der Waals surface area contributed by atoms with E-state index in [1.165, 1.54) is 0 Å². The fourth-order valence-electron chi connectivity index (χ4n) is 1.05. The van der Waals surface area contributed by atoms with E-state index in [-0.39, 0.29) is 0 Å². The van der Waals surface area contributed by atoms with Crippen LogP contribution in [0, 0.1) is 0 Å². The normalized spacial score (nSPS) is 10.0. The van der Waals surface area contributed by atoms with Gasteiger partial charge in [0.15, 0.2) is 5.82 Å². The summed E-state index contributed by atoms with van der Waals surface area (Å²) in [5.41, 5.74) is 0. The van der Waals surface area contributed by atoms with Crippen LogP contribution in [0.5, 0.6) is 0 Å². The Morgan fingerprint density at radius 3 is 2.82 bits per heavy atom. The number of nitrogens with zero attached hydrogens (tertiary/aromatic N) is 3. The second kappa shape index (κ2) is 3.95. The average Bonchev–Trinajstić information content (AvgIpc) is 2.52. The van der Waals surface area contributed by atoms with Crippen molar-refractivity contribution in [3.8, 4) is 0 Å². The third-order valence-electron chi connectivity index (χ3n) is 1.60. The summed E-state index contributed by atoms with van der Waals surface area (Å²) in [6, 6.07) is 0. The zero-order chi connectivity index (χ0) is 8.10. The van der Waals surface area contributed by atoms with Crippen molar-refractivity contribution in [3.05, 3.63) is 6.20 Å². The van der Waals surface area contributed by atoms with E-state index in [2.05, 4.69) is 34.2 Å². The number of aromatic amines is 1. The monoisotopic (exact) mass is 154 g/mol. The Kier molecular flexibility index (Phi) is 2.89. The quantitative estimate of drug-likeness (QED) is 0.704. The van der Waals surface area contributed by atoms with Crippen LogP contribution in [-0.4, -0.2) is 28.5 Å². The predicted octanol–water partition coefficient (Wildman–Crippen LogP) is 1.04. The van der Waals surface area contributed by atoms with Crippen LogP contribution in [-0.2, 0) is 0 Å². The second-order valence-corrected chi connectivity index (χ2v) is 2.41. The van der Waals surface area contributed by atoms with Crippen molar-refractivity contribution in [2.45, 2.75) is 20.3 Å². The summed E-state index contributed by atoms with van der Waals surface area (Å²) in [5.74, 6) is 0.939. The van der Waals surface area contributed by atoms with Crippen LogP contribution in [0.1, 0.15) is 20.3 Å². The third kappa shape index (κ3) is 1.93. The van der Waals surface area contributed by atoms with E-state index in [4.69, 9.17) is 0 Å². The van der Waals surface area contributed by atoms with Crippen molar-refractivity contribution in [3.63, 3.8) is 0 Å². The van der Waals surface area contributed by atoms with Gasteiger partial charge in [-0.3, -0.25) is 0 Å². The Balaban J connectivity index is 2.56. The fourth-order valence-corrected chi connectivity index (χ4v) is 1.05. The van der Waals surface area contributed by atoms with Crippen molar-refractivity contribution >= 4 is 5.82 Å². The zero-order valence-electron chi connectivity index (χ0n) is 7.04. The maximum atomic E-state index is 4.00. The standard InChI is InChI=1S/C7H14N4/c1-3-5-11(4-2)7-6-8-10-9-7/h6H,3-5H2,1-2H3,(H,8,9,10). The highest BCUT2D eigenvalue weighted by Crippen LogP contribution is 2.06. The number of nitrogens with one attached hydrogen (secondary N) is 1. The number of H-pyrrole nitrogens is 1. The number of hydrogen-bond acceptors (Lipinski definition) is 3. The lowest BCUT2D eigenvalue weighted by atomic mass is 10.4. The molecule has 0 amide bonds. The summed E-state index contributed by atoms with van der Waals surface area (Å²) < 4.78 is 0. The lowest BCUT2D eigenvalue weighted by Crippen LogP contribution is -2.23. The van der Waals surface area contributed by atoms with Gasteiger partial charge in [-0.2, -0.15) is 10.3 Å². The first-order valence-electron chi connectivity index (χ1n) is 3.99. The van der Waals surface area contributed by atoms with Gasteiger partial charge >= 0.3 is 0 Å². The Morgan fingerprint density at radius 2 is 2.36 bits per heavy atom. The highest BCUT2D eigenvalue weighted by Gasteiger charge is 2.03. The molecule has 1 heterocycles. The van der Waals surface area contributed by atoms with Crippen molar-refractivity contribution in [1.29, 1.82) is 0 Å². The van der Waals surface area contributed by atoms with Crippen molar-refractivity contribution in [2.24, 2.45) is 0 Å². The largest absolute Gasteiger partial charge is 0.354 e. The molecule has 0 fully saturated rings. The summed E-state index contributed by atoms with van der Waals surface area (Å²) in [5, 5.41) is 10.4. The van der Waals surface area contributed by atoms with E-state index in [9.17, 15) is 0 Å². The van der Waals surface area contributed by atoms with Crippen LogP contribution in [0.2, 0.25) is 0 Å². The molecule has 0 unspecified atom stereocenters. The topological polar surface area (TPSA) is 44.8 Å². The van der Waals surface area contributed by atoms with Crippen LogP contribution in [0.25, 0.3) is 0 Å². The van der Waals surface area contributed by atoms with Gasteiger partial charge in [0.05, 0.1) is 6.20 Å². The molecule has 4 nitrogen and oxygen atoms in total. The van der Waals surface area contributed by atoms with Gasteiger partial charge in [0, 0.05) is 13.1 Å². The molecular formula is C7H14N4. The lowest BCUT2D eigenvalue weighted by molar-refractivity contribution is 0.774. The van der Waals surface area contributed by atoms with Crippen molar-refractivity contribution < 1.29 is 0 Å². The molecule has 1 N–H and O–H groups in total. The number of hydrogen-bond donors (Lipinski definition) is 1. The fraction of sp³-hybridized carbons (Fsp3) is 0.714. The van der Waals surface area contributed by atoms with Crippen LogP contribution in [0.4, 0.5) is 5.82 Å². The van der Waals surface area contributed by atoms with Crippen molar-refractivity contribution in [2.75, 3.05) is 18.0 Å². The van der Waals surface area contributed by atoms with Gasteiger partial charge in [-0.05, 0) is 13.3 Å². The molecule has 0 atom stereocenters. The van der Waals surface area contributed by atoms with E-state index in [1.54, 1.807) is 6.20 Å². The SMILES string of the molecule is CCCN(CC)c1cn[nH]n1. The molecule has 62 valence electrons. The molecule has 0 saturated carbocycles. The lowest BCUT2D eigenvalue weighted by Gasteiger charge is -2.17. The molecule has 0 aliphatic rings. The number of aromatic nitrogens is 3. The molecule has 1 aromatic rings. The maximum absolute atomic E-state index is 4.00. The van der Waals surface area contributed by atoms with Gasteiger partial charge in [0.25, 0.3) is 0 Å². The zero-order valence-corrected chi connectivity index (χ0v) is 7.04. The van der Waals surface area contributed by atoms with Gasteiger partial charge in [-0.1, -0.05) is 6.92 Å². The molecule has 4 heteroatoms. The molecule has 11 heavy (non-hydrogen) atoms. The molecule has 1 rings (SSSR count). The van der Waals surface area contributed by atoms with Crippen LogP contribution in [0.15, 0.2) is 6.20 Å². The maximum Gasteiger partial charge on any atom is 0.170 e. The van der Waals surface area contributed by atoms with E-state index in [0.717, 1.165) is 25.3 Å². The highest BCUT2D eigenvalue weighted by atomic mass is 15.4. The Labute approximate surface area is 66.6 Å². The Hall–Kier alpha value is -1.06. The molecule has 0 radical (unpaired) electrons. The van der Waals surface area contributed by atoms with Gasteiger partial charge in [0.2, 0.25) is 0 Å². The van der Waals surface area contributed by atoms with Crippen molar-refractivity contribution in [1.82, 2.24) is 15.4 Å². The second-order valence-electron chi connectivity index (χ2n) is 2.41. The average molecular weight is 154 g/mol. The molecule has 1 aromatic heterocycles. The first-order chi connectivity index (χ1) is 5.38. The molecule has 0 bridgehead atoms. The molecule has 0 aliphatic carbocycles. The smallest absolute Gasteiger partial charge is 0.170 e. The van der Waals surface area contributed by atoms with E-state index in [1.807, 2.05) is 0 Å². The molecule has 0 spiro atoms. The van der Waals surface area contributed by atoms with Crippen LogP contribution < -0.4 is 4.90 Å². The predicted molar refractivity (Wildman–Crippen MR) is 44.6 cm³/mol. The summed E-state index contributed by atoms with van der Waals surface area (Å²) in [4.78, 5) is 2.18. The first kappa shape index (κ1) is 8.04. The van der Waals surface area contributed by atoms with E-state index in [0.29, 0.717) is 0 Å². The minimum atomic E-state index is 0.939. The Bertz CT molecular complexity index is 182. The summed E-state index contributed by atoms with van der Waals surface area (Å²) >= 11 is 0. The molecular weight excluding hydrogens is 140 g/mol. The van der Waals surface area contributed by atoms with Gasteiger partial charge in [0.1, 0.15) is 0 Å². The molecule has 0 aromatic carbocycles.